The van der Waals surface area contributed by atoms with Crippen LogP contribution in [0.3, 0.4) is 0 Å². The summed E-state index contributed by atoms with van der Waals surface area (Å²) < 4.78 is 0. The zero-order valence-corrected chi connectivity index (χ0v) is 9.16. The van der Waals surface area contributed by atoms with Crippen LogP contribution in [0.2, 0.25) is 0 Å². The highest BCUT2D eigenvalue weighted by Crippen LogP contribution is 2.23. The Morgan fingerprint density at radius 2 is 2.06 bits per heavy atom. The van der Waals surface area contributed by atoms with Gasteiger partial charge in [-0.05, 0) is 19.1 Å². The van der Waals surface area contributed by atoms with Crippen molar-refractivity contribution in [2.45, 2.75) is 13.0 Å². The third kappa shape index (κ3) is 3.18. The van der Waals surface area contributed by atoms with Gasteiger partial charge in [0, 0.05) is 17.3 Å². The molecule has 92 valence electrons. The van der Waals surface area contributed by atoms with Crippen molar-refractivity contribution in [1.29, 1.82) is 0 Å². The van der Waals surface area contributed by atoms with Crippen LogP contribution in [0.15, 0.2) is 23.2 Å². The van der Waals surface area contributed by atoms with Crippen molar-refractivity contribution < 1.29 is 25.2 Å². The molecule has 0 spiro atoms. The molecular weight excluding hydrogens is 226 g/mol. The standard InChI is InChI=1S/C11H13NO5/c1-6(12-9(5-13)11(16)17)8-3-2-7(14)4-10(8)15/h2-4,9,13-15H,5H2,1H3,(H,16,17)/b12-6-. The van der Waals surface area contributed by atoms with Gasteiger partial charge in [0.25, 0.3) is 0 Å². The maximum atomic E-state index is 10.7. The number of aromatic hydroxyl groups is 2. The molecule has 1 aromatic carbocycles. The molecule has 6 nitrogen and oxygen atoms in total. The minimum Gasteiger partial charge on any atom is -0.508 e. The third-order valence-corrected chi connectivity index (χ3v) is 2.18. The number of aliphatic hydroxyl groups is 1. The summed E-state index contributed by atoms with van der Waals surface area (Å²) in [5.74, 6) is -1.55. The smallest absolute Gasteiger partial charge is 0.330 e. The van der Waals surface area contributed by atoms with E-state index < -0.39 is 18.6 Å². The highest BCUT2D eigenvalue weighted by molar-refractivity contribution is 6.02. The number of carboxylic acids is 1. The van der Waals surface area contributed by atoms with Crippen LogP contribution < -0.4 is 0 Å². The van der Waals surface area contributed by atoms with Crippen molar-refractivity contribution in [2.24, 2.45) is 4.99 Å². The summed E-state index contributed by atoms with van der Waals surface area (Å²) >= 11 is 0. The summed E-state index contributed by atoms with van der Waals surface area (Å²) in [4.78, 5) is 14.4. The van der Waals surface area contributed by atoms with Crippen LogP contribution in [0.4, 0.5) is 0 Å². The molecule has 0 saturated heterocycles. The van der Waals surface area contributed by atoms with Crippen LogP contribution in [0.25, 0.3) is 0 Å². The van der Waals surface area contributed by atoms with Gasteiger partial charge >= 0.3 is 5.97 Å². The van der Waals surface area contributed by atoms with Gasteiger partial charge in [-0.25, -0.2) is 4.79 Å². The fourth-order valence-corrected chi connectivity index (χ4v) is 1.30. The van der Waals surface area contributed by atoms with Crippen molar-refractivity contribution in [1.82, 2.24) is 0 Å². The highest BCUT2D eigenvalue weighted by Gasteiger charge is 2.16. The number of nitrogens with zero attached hydrogens (tertiary/aromatic N) is 1. The number of rotatable bonds is 4. The van der Waals surface area contributed by atoms with Crippen LogP contribution in [-0.4, -0.2) is 44.8 Å². The molecular formula is C11H13NO5. The third-order valence-electron chi connectivity index (χ3n) is 2.18. The lowest BCUT2D eigenvalue weighted by atomic mass is 10.1. The molecule has 0 aromatic heterocycles. The topological polar surface area (TPSA) is 110 Å². The molecule has 6 heteroatoms. The Kier molecular flexibility index (Phi) is 4.06. The van der Waals surface area contributed by atoms with Gasteiger partial charge in [0.2, 0.25) is 0 Å². The Balaban J connectivity index is 3.06. The first-order valence-electron chi connectivity index (χ1n) is 4.86. The first kappa shape index (κ1) is 13.0. The highest BCUT2D eigenvalue weighted by atomic mass is 16.4. The number of benzene rings is 1. The van der Waals surface area contributed by atoms with E-state index in [4.69, 9.17) is 15.3 Å². The van der Waals surface area contributed by atoms with Crippen molar-refractivity contribution in [3.8, 4) is 11.5 Å². The van der Waals surface area contributed by atoms with E-state index in [1.165, 1.54) is 19.1 Å². The Hall–Kier alpha value is -2.08. The average molecular weight is 239 g/mol. The first-order valence-corrected chi connectivity index (χ1v) is 4.86. The van der Waals surface area contributed by atoms with Crippen molar-refractivity contribution >= 4 is 11.7 Å². The van der Waals surface area contributed by atoms with Crippen molar-refractivity contribution in [3.05, 3.63) is 23.8 Å². The predicted octanol–water partition coefficient (Wildman–Crippen LogP) is 0.352. The van der Waals surface area contributed by atoms with Crippen LogP contribution >= 0.6 is 0 Å². The molecule has 0 aliphatic rings. The SMILES string of the molecule is C/C(=N/C(CO)C(=O)O)c1ccc(O)cc1O. The maximum absolute atomic E-state index is 10.7. The summed E-state index contributed by atoms with van der Waals surface area (Å²) in [7, 11) is 0. The fourth-order valence-electron chi connectivity index (χ4n) is 1.30. The van der Waals surface area contributed by atoms with E-state index in [0.717, 1.165) is 6.07 Å². The second kappa shape index (κ2) is 5.31. The van der Waals surface area contributed by atoms with Crippen LogP contribution in [0, 0.1) is 0 Å². The predicted molar refractivity (Wildman–Crippen MR) is 60.5 cm³/mol. The molecule has 1 atom stereocenters. The number of aliphatic hydroxyl groups excluding tert-OH is 1. The van der Waals surface area contributed by atoms with E-state index in [0.29, 0.717) is 5.56 Å². The number of carboxylic acid groups (broad SMARTS) is 1. The summed E-state index contributed by atoms with van der Waals surface area (Å²) in [5.41, 5.74) is 0.575. The second-order valence-electron chi connectivity index (χ2n) is 3.45. The molecule has 0 fully saturated rings. The van der Waals surface area contributed by atoms with E-state index in [-0.39, 0.29) is 17.2 Å². The van der Waals surface area contributed by atoms with Gasteiger partial charge in [0.1, 0.15) is 11.5 Å². The Morgan fingerprint density at radius 1 is 1.41 bits per heavy atom. The lowest BCUT2D eigenvalue weighted by Gasteiger charge is -2.08. The van der Waals surface area contributed by atoms with Gasteiger partial charge < -0.3 is 20.4 Å². The minimum atomic E-state index is -1.26. The van der Waals surface area contributed by atoms with Gasteiger partial charge in [-0.15, -0.1) is 0 Å². The van der Waals surface area contributed by atoms with E-state index in [1.54, 1.807) is 0 Å². The number of hydrogen-bond acceptors (Lipinski definition) is 5. The van der Waals surface area contributed by atoms with Crippen LogP contribution in [0.1, 0.15) is 12.5 Å². The molecule has 1 unspecified atom stereocenters. The largest absolute Gasteiger partial charge is 0.508 e. The molecule has 0 aliphatic heterocycles. The molecule has 0 saturated carbocycles. The van der Waals surface area contributed by atoms with E-state index in [2.05, 4.69) is 4.99 Å². The number of hydrogen-bond donors (Lipinski definition) is 4. The van der Waals surface area contributed by atoms with Crippen LogP contribution in [-0.2, 0) is 4.79 Å². The zero-order valence-electron chi connectivity index (χ0n) is 9.16. The lowest BCUT2D eigenvalue weighted by Crippen LogP contribution is -2.23. The minimum absolute atomic E-state index is 0.101. The lowest BCUT2D eigenvalue weighted by molar-refractivity contribution is -0.139. The quantitative estimate of drug-likeness (QED) is 0.567. The molecule has 0 bridgehead atoms. The number of carbonyl (C=O) groups is 1. The van der Waals surface area contributed by atoms with Gasteiger partial charge in [0.05, 0.1) is 6.61 Å². The van der Waals surface area contributed by atoms with Gasteiger partial charge in [0.15, 0.2) is 6.04 Å². The number of aliphatic carboxylic acids is 1. The average Bonchev–Trinajstić information content (AvgIpc) is 2.24. The molecule has 1 rings (SSSR count). The van der Waals surface area contributed by atoms with E-state index in [1.807, 2.05) is 0 Å². The monoisotopic (exact) mass is 239 g/mol. The molecule has 0 radical (unpaired) electrons. The zero-order chi connectivity index (χ0) is 13.0. The van der Waals surface area contributed by atoms with Gasteiger partial charge in [-0.2, -0.15) is 0 Å². The molecule has 0 heterocycles. The number of phenols is 2. The molecule has 1 aromatic rings. The first-order chi connectivity index (χ1) is 7.95. The number of phenolic OH excluding ortho intramolecular Hbond substituents is 2. The summed E-state index contributed by atoms with van der Waals surface area (Å²) in [5, 5.41) is 36.2. The number of aliphatic imine (C=N–C) groups is 1. The van der Waals surface area contributed by atoms with E-state index >= 15 is 0 Å². The van der Waals surface area contributed by atoms with E-state index in [9.17, 15) is 9.90 Å². The van der Waals surface area contributed by atoms with Gasteiger partial charge in [-0.3, -0.25) is 4.99 Å². The fraction of sp³-hybridized carbons (Fsp3) is 0.273. The Labute approximate surface area is 97.5 Å². The normalized spacial score (nSPS) is 13.4. The second-order valence-corrected chi connectivity index (χ2v) is 3.45. The molecule has 0 aliphatic carbocycles. The maximum Gasteiger partial charge on any atom is 0.330 e. The Bertz CT molecular complexity index is 455. The Morgan fingerprint density at radius 3 is 2.53 bits per heavy atom. The summed E-state index contributed by atoms with van der Waals surface area (Å²) in [6.45, 7) is 0.892. The molecule has 17 heavy (non-hydrogen) atoms. The summed E-state index contributed by atoms with van der Waals surface area (Å²) in [6.07, 6.45) is 0. The molecule has 0 amide bonds. The molecule has 4 N–H and O–H groups in total. The van der Waals surface area contributed by atoms with Crippen molar-refractivity contribution in [3.63, 3.8) is 0 Å². The van der Waals surface area contributed by atoms with Crippen molar-refractivity contribution in [2.75, 3.05) is 6.61 Å². The van der Waals surface area contributed by atoms with Gasteiger partial charge in [-0.1, -0.05) is 0 Å². The summed E-state index contributed by atoms with van der Waals surface area (Å²) in [6, 6.07) is 2.63. The van der Waals surface area contributed by atoms with Crippen LogP contribution in [0.5, 0.6) is 11.5 Å².